The van der Waals surface area contributed by atoms with E-state index in [1.807, 2.05) is 18.2 Å². The second-order valence-corrected chi connectivity index (χ2v) is 3.01. The Bertz CT molecular complexity index is 227. The normalized spacial score (nSPS) is 10.0. The van der Waals surface area contributed by atoms with Gasteiger partial charge in [-0.25, -0.2) is 0 Å². The van der Waals surface area contributed by atoms with Gasteiger partial charge < -0.3 is 5.11 Å². The molecule has 1 heterocycles. The molecule has 0 atom stereocenters. The Hall–Kier alpha value is -0.410. The van der Waals surface area contributed by atoms with E-state index in [-0.39, 0.29) is 6.61 Å². The Balaban J connectivity index is 2.74. The first kappa shape index (κ1) is 8.68. The third-order valence-electron chi connectivity index (χ3n) is 1.38. The summed E-state index contributed by atoms with van der Waals surface area (Å²) in [6.45, 7) is 0.0239. The van der Waals surface area contributed by atoms with Crippen LogP contribution in [0.2, 0.25) is 0 Å². The molecule has 1 aromatic heterocycles. The summed E-state index contributed by atoms with van der Waals surface area (Å²) < 4.78 is 0. The monoisotopic (exact) mass is 215 g/mol. The number of aromatic nitrogens is 1. The summed E-state index contributed by atoms with van der Waals surface area (Å²) in [6, 6.07) is 5.69. The maximum absolute atomic E-state index is 8.76. The van der Waals surface area contributed by atoms with E-state index in [1.54, 1.807) is 0 Å². The average molecular weight is 216 g/mol. The molecular formula is C8H10BrNO. The predicted octanol–water partition coefficient (Wildman–Crippen LogP) is 1.51. The third-order valence-corrected chi connectivity index (χ3v) is 1.77. The van der Waals surface area contributed by atoms with Gasteiger partial charge in [-0.15, -0.1) is 0 Å². The first-order chi connectivity index (χ1) is 5.36. The molecule has 2 nitrogen and oxygen atoms in total. The van der Waals surface area contributed by atoms with Crippen molar-refractivity contribution in [2.45, 2.75) is 13.0 Å². The lowest BCUT2D eigenvalue weighted by Crippen LogP contribution is -1.95. The van der Waals surface area contributed by atoms with Gasteiger partial charge in [0.05, 0.1) is 12.3 Å². The molecule has 11 heavy (non-hydrogen) atoms. The SMILES string of the molecule is OCc1cccc(CCBr)n1. The Morgan fingerprint density at radius 2 is 2.09 bits per heavy atom. The van der Waals surface area contributed by atoms with Crippen molar-refractivity contribution in [2.75, 3.05) is 5.33 Å². The standard InChI is InChI=1S/C8H10BrNO/c9-5-4-7-2-1-3-8(6-11)10-7/h1-3,11H,4-6H2. The van der Waals surface area contributed by atoms with Gasteiger partial charge in [-0.1, -0.05) is 22.0 Å². The number of halogens is 1. The quantitative estimate of drug-likeness (QED) is 0.777. The van der Waals surface area contributed by atoms with E-state index in [9.17, 15) is 0 Å². The maximum Gasteiger partial charge on any atom is 0.0853 e. The minimum atomic E-state index is 0.0239. The predicted molar refractivity (Wildman–Crippen MR) is 47.7 cm³/mol. The lowest BCUT2D eigenvalue weighted by molar-refractivity contribution is 0.276. The van der Waals surface area contributed by atoms with Crippen molar-refractivity contribution in [3.05, 3.63) is 29.6 Å². The molecule has 0 saturated heterocycles. The number of aliphatic hydroxyl groups is 1. The average Bonchev–Trinajstić information content (AvgIpc) is 2.06. The molecule has 0 spiro atoms. The third kappa shape index (κ3) is 2.60. The van der Waals surface area contributed by atoms with Gasteiger partial charge >= 0.3 is 0 Å². The van der Waals surface area contributed by atoms with Crippen LogP contribution >= 0.6 is 15.9 Å². The summed E-state index contributed by atoms with van der Waals surface area (Å²) in [7, 11) is 0. The number of nitrogens with zero attached hydrogens (tertiary/aromatic N) is 1. The van der Waals surface area contributed by atoms with Crippen molar-refractivity contribution in [1.29, 1.82) is 0 Å². The molecule has 3 heteroatoms. The zero-order valence-corrected chi connectivity index (χ0v) is 7.71. The lowest BCUT2D eigenvalue weighted by atomic mass is 10.2. The molecule has 0 radical (unpaired) electrons. The summed E-state index contributed by atoms with van der Waals surface area (Å²) >= 11 is 3.33. The zero-order chi connectivity index (χ0) is 8.10. The van der Waals surface area contributed by atoms with Gasteiger partial charge in [0, 0.05) is 11.0 Å². The topological polar surface area (TPSA) is 33.1 Å². The first-order valence-electron chi connectivity index (χ1n) is 3.48. The smallest absolute Gasteiger partial charge is 0.0853 e. The fraction of sp³-hybridized carbons (Fsp3) is 0.375. The molecule has 0 aliphatic carbocycles. The number of hydrogen-bond acceptors (Lipinski definition) is 2. The van der Waals surface area contributed by atoms with Crippen molar-refractivity contribution in [1.82, 2.24) is 4.98 Å². The minimum Gasteiger partial charge on any atom is -0.390 e. The van der Waals surface area contributed by atoms with Gasteiger partial charge in [-0.05, 0) is 18.6 Å². The fourth-order valence-corrected chi connectivity index (χ4v) is 1.26. The molecule has 0 amide bonds. The van der Waals surface area contributed by atoms with Crippen molar-refractivity contribution >= 4 is 15.9 Å². The second-order valence-electron chi connectivity index (χ2n) is 2.22. The van der Waals surface area contributed by atoms with Crippen LogP contribution in [-0.4, -0.2) is 15.4 Å². The van der Waals surface area contributed by atoms with E-state index in [2.05, 4.69) is 20.9 Å². The van der Waals surface area contributed by atoms with Gasteiger partial charge in [0.2, 0.25) is 0 Å². The Morgan fingerprint density at radius 1 is 1.36 bits per heavy atom. The zero-order valence-electron chi connectivity index (χ0n) is 6.13. The Kier molecular flexibility index (Phi) is 3.52. The highest BCUT2D eigenvalue weighted by molar-refractivity contribution is 9.09. The van der Waals surface area contributed by atoms with Gasteiger partial charge in [0.25, 0.3) is 0 Å². The maximum atomic E-state index is 8.76. The molecule has 0 unspecified atom stereocenters. The fourth-order valence-electron chi connectivity index (χ4n) is 0.853. The highest BCUT2D eigenvalue weighted by atomic mass is 79.9. The molecule has 1 N–H and O–H groups in total. The van der Waals surface area contributed by atoms with Gasteiger partial charge in [-0.3, -0.25) is 4.98 Å². The van der Waals surface area contributed by atoms with Crippen LogP contribution in [0.4, 0.5) is 0 Å². The molecule has 1 rings (SSSR count). The largest absolute Gasteiger partial charge is 0.390 e. The van der Waals surface area contributed by atoms with Crippen LogP contribution in [0, 0.1) is 0 Å². The van der Waals surface area contributed by atoms with E-state index < -0.39 is 0 Å². The number of pyridine rings is 1. The van der Waals surface area contributed by atoms with Crippen LogP contribution in [0.1, 0.15) is 11.4 Å². The van der Waals surface area contributed by atoms with Crippen LogP contribution in [0.25, 0.3) is 0 Å². The summed E-state index contributed by atoms with van der Waals surface area (Å²) in [5, 5.41) is 9.67. The molecule has 0 aromatic carbocycles. The molecular weight excluding hydrogens is 206 g/mol. The summed E-state index contributed by atoms with van der Waals surface area (Å²) in [4.78, 5) is 4.20. The van der Waals surface area contributed by atoms with Gasteiger partial charge in [0.1, 0.15) is 0 Å². The second kappa shape index (κ2) is 4.46. The number of aryl methyl sites for hydroxylation is 1. The number of alkyl halides is 1. The highest BCUT2D eigenvalue weighted by Crippen LogP contribution is 2.01. The minimum absolute atomic E-state index is 0.0239. The van der Waals surface area contributed by atoms with Gasteiger partial charge in [0.15, 0.2) is 0 Å². The number of rotatable bonds is 3. The van der Waals surface area contributed by atoms with Crippen LogP contribution in [0.3, 0.4) is 0 Å². The molecule has 0 bridgehead atoms. The van der Waals surface area contributed by atoms with Crippen molar-refractivity contribution in [2.24, 2.45) is 0 Å². The summed E-state index contributed by atoms with van der Waals surface area (Å²) in [5.74, 6) is 0. The molecule has 60 valence electrons. The Morgan fingerprint density at radius 3 is 2.73 bits per heavy atom. The molecule has 0 aliphatic rings. The van der Waals surface area contributed by atoms with Gasteiger partial charge in [-0.2, -0.15) is 0 Å². The molecule has 1 aromatic rings. The summed E-state index contributed by atoms with van der Waals surface area (Å²) in [5.41, 5.74) is 1.76. The van der Waals surface area contributed by atoms with Crippen LogP contribution in [0.15, 0.2) is 18.2 Å². The van der Waals surface area contributed by atoms with Crippen LogP contribution in [-0.2, 0) is 13.0 Å². The Labute approximate surface area is 74.4 Å². The highest BCUT2D eigenvalue weighted by Gasteiger charge is 1.94. The number of hydrogen-bond donors (Lipinski definition) is 1. The van der Waals surface area contributed by atoms with E-state index in [0.29, 0.717) is 0 Å². The van der Waals surface area contributed by atoms with E-state index in [0.717, 1.165) is 23.1 Å². The van der Waals surface area contributed by atoms with Crippen molar-refractivity contribution < 1.29 is 5.11 Å². The lowest BCUT2D eigenvalue weighted by Gasteiger charge is -1.98. The van der Waals surface area contributed by atoms with E-state index in [4.69, 9.17) is 5.11 Å². The van der Waals surface area contributed by atoms with E-state index in [1.165, 1.54) is 0 Å². The molecule has 0 saturated carbocycles. The molecule has 0 aliphatic heterocycles. The van der Waals surface area contributed by atoms with Crippen molar-refractivity contribution in [3.8, 4) is 0 Å². The number of aliphatic hydroxyl groups excluding tert-OH is 1. The summed E-state index contributed by atoms with van der Waals surface area (Å²) in [6.07, 6.45) is 0.911. The van der Waals surface area contributed by atoms with E-state index >= 15 is 0 Å². The first-order valence-corrected chi connectivity index (χ1v) is 4.60. The van der Waals surface area contributed by atoms with Crippen LogP contribution in [0.5, 0.6) is 0 Å². The van der Waals surface area contributed by atoms with Crippen LogP contribution < -0.4 is 0 Å². The van der Waals surface area contributed by atoms with Crippen molar-refractivity contribution in [3.63, 3.8) is 0 Å². The molecule has 0 fully saturated rings.